The molecule has 15 atom stereocenters. The van der Waals surface area contributed by atoms with Gasteiger partial charge in [0.2, 0.25) is 110 Å². The molecule has 3 aliphatic heterocycles. The largest absolute Gasteiger partial charge is 1.00 e. The van der Waals surface area contributed by atoms with Crippen LogP contribution in [-0.2, 0) is 179 Å². The van der Waals surface area contributed by atoms with Crippen LogP contribution in [0.15, 0.2) is 0 Å². The standard InChI is InChI=1S/C18H33O49PS10.12Na/c19-68(20,21)52-1-4-8(61-72(31,32)33)12(64-75(40,41)42)15(66-77(46,47)48)17(55-4)58-10-7(60-71(28,29)30)5(2-53-69(22,23)24)56-16(14(10)65-76(43,44)45)59-13-11(63-74(37,38)39)9(62-73(34,35)36)6(3-54-70(25,26)27)57-18(13)67-78(49,50)51;;;;;;;;;;;;/h4-18H,1-3H2,(H2,19,20,21)(H,22,23,24)(H,25,26,27)(H,28,29,30)(H,31,32,33)(H,34,35,36)(H,37,38,39)(H,40,41,42)(H,43,44,45)(H,46,47,48)(H,49,50,51);;;;;;;;;;;;/q;12*+1/p-12/t4-,5-,6-,7-,8-,9-,10+,11+,12+,13?,14+,15+,16-,17-,18?;;;;;;;;;;;;/m1............/s1. The third kappa shape index (κ3) is 50.3. The average Bonchev–Trinajstić information content (AvgIpc) is 3.14. The van der Waals surface area contributed by atoms with E-state index < -0.39 is 224 Å². The second kappa shape index (κ2) is 49.0. The van der Waals surface area contributed by atoms with Crippen LogP contribution in [0.2, 0.25) is 0 Å². The fourth-order valence-corrected chi connectivity index (χ4v) is 11.0. The normalized spacial score (nSPS) is 27.7. The molecular weight excluding hydrogens is 1630 g/mol. The van der Waals surface area contributed by atoms with Gasteiger partial charge in [0, 0.05) is 0 Å². The Balaban J connectivity index is -0.000000667. The summed E-state index contributed by atoms with van der Waals surface area (Å²) in [6.07, 6.45) is -56.0. The van der Waals surface area contributed by atoms with Gasteiger partial charge < -0.3 is 88.1 Å². The molecule has 0 spiro atoms. The van der Waals surface area contributed by atoms with Crippen molar-refractivity contribution in [3.63, 3.8) is 0 Å². The molecule has 3 aliphatic rings. The molecule has 0 amide bonds. The molecule has 0 bridgehead atoms. The van der Waals surface area contributed by atoms with Gasteiger partial charge in [-0.2, -0.15) is 0 Å². The molecule has 0 aromatic heterocycles. The maximum absolute atomic E-state index is 12.3. The number of hydrogen-bond acceptors (Lipinski definition) is 49. The molecule has 0 aromatic rings. The Hall–Kier alpha value is 10.6. The van der Waals surface area contributed by atoms with E-state index in [1.807, 2.05) is 0 Å². The van der Waals surface area contributed by atoms with Gasteiger partial charge in [-0.25, -0.2) is 88.4 Å². The van der Waals surface area contributed by atoms with Crippen LogP contribution in [0.25, 0.3) is 0 Å². The Bertz CT molecular complexity index is 3380. The van der Waals surface area contributed by atoms with Gasteiger partial charge in [-0.1, -0.05) is 0 Å². The maximum atomic E-state index is 12.3. The quantitative estimate of drug-likeness (QED) is 0.0290. The van der Waals surface area contributed by atoms with Crippen LogP contribution in [0.1, 0.15) is 0 Å². The van der Waals surface area contributed by atoms with Crippen molar-refractivity contribution >= 4 is 112 Å². The summed E-state index contributed by atoms with van der Waals surface area (Å²) in [7, 11) is -73.2. The number of phosphoric ester groups is 1. The van der Waals surface area contributed by atoms with Crippen molar-refractivity contribution in [3.05, 3.63) is 0 Å². The summed E-state index contributed by atoms with van der Waals surface area (Å²) in [6.45, 7) is -6.95. The average molecular weight is 1650 g/mol. The van der Waals surface area contributed by atoms with Crippen molar-refractivity contribution in [1.82, 2.24) is 0 Å². The summed E-state index contributed by atoms with van der Waals surface area (Å²) in [5.41, 5.74) is 0. The molecule has 3 heterocycles. The predicted molar refractivity (Wildman–Crippen MR) is 193 cm³/mol. The van der Waals surface area contributed by atoms with Gasteiger partial charge in [-0.3, -0.25) is 37.6 Å². The van der Waals surface area contributed by atoms with E-state index in [1.54, 1.807) is 0 Å². The first-order chi connectivity index (χ1) is 34.5. The first kappa shape index (κ1) is 122. The van der Waals surface area contributed by atoms with Crippen molar-refractivity contribution in [2.75, 3.05) is 19.8 Å². The fourth-order valence-electron chi connectivity index (χ4n) is 6.25. The number of hydrogen-bond donors (Lipinski definition) is 0. The van der Waals surface area contributed by atoms with Crippen molar-refractivity contribution in [2.24, 2.45) is 0 Å². The summed E-state index contributed by atoms with van der Waals surface area (Å²) in [5, 5.41) is 0. The zero-order valence-electron chi connectivity index (χ0n) is 47.3. The van der Waals surface area contributed by atoms with Gasteiger partial charge in [0.05, 0.1) is 27.6 Å². The molecule has 3 saturated heterocycles. The van der Waals surface area contributed by atoms with E-state index in [1.165, 1.54) is 0 Å². The number of rotatable bonds is 29. The van der Waals surface area contributed by atoms with Gasteiger partial charge in [-0.15, -0.1) is 0 Å². The Morgan fingerprint density at radius 3 is 0.744 bits per heavy atom. The molecule has 0 aliphatic carbocycles. The Kier molecular flexibility index (Phi) is 66.2. The first-order valence-electron chi connectivity index (χ1n) is 17.7. The number of ether oxygens (including phenoxy) is 5. The smallest absolute Gasteiger partial charge is 0.790 e. The van der Waals surface area contributed by atoms with Crippen LogP contribution in [0.4, 0.5) is 0 Å². The summed E-state index contributed by atoms with van der Waals surface area (Å²) in [4.78, 5) is 22.8. The molecular formula is C18H21Na12O49PS10. The third-order valence-corrected chi connectivity index (χ3v) is 13.3. The third-order valence-electron chi connectivity index (χ3n) is 8.32. The van der Waals surface area contributed by atoms with Crippen LogP contribution < -0.4 is 364 Å². The minimum Gasteiger partial charge on any atom is -0.790 e. The minimum absolute atomic E-state index is 0. The maximum Gasteiger partial charge on any atom is 1.00 e. The van der Waals surface area contributed by atoms with Crippen LogP contribution in [0.3, 0.4) is 0 Å². The molecule has 72 heteroatoms. The van der Waals surface area contributed by atoms with Crippen LogP contribution in [0, 0.1) is 0 Å². The van der Waals surface area contributed by atoms with Gasteiger partial charge in [0.15, 0.2) is 24.8 Å². The summed E-state index contributed by atoms with van der Waals surface area (Å²) >= 11 is 0. The predicted octanol–water partition coefficient (Wildman–Crippen LogP) is -49.8. The van der Waals surface area contributed by atoms with Crippen molar-refractivity contribution < 1.29 is 569 Å². The SMILES string of the molecule is O=P([O-])([O-])OC[C@H]1O[C@H](O[C@@H]2[C@H](OS(=O)(=O)[O-])[C@@H](OC3C(OS(=O)(=O)[O-])O[C@H](COS(=O)(=O)[O-])[C@@H](OS(=O)(=O)[O-])[C@@H]3OS(=O)(=O)[O-])O[C@H](COS(=O)(=O)[O-])[C@H]2OS(=O)(=O)[O-])[C@@H](OS(=O)(=O)[O-])[C@@H](OS(=O)(=O)[O-])[C@@H]1OS(=O)(=O)[O-].[Na+].[Na+].[Na+].[Na+].[Na+].[Na+].[Na+].[Na+].[Na+].[Na+].[Na+].[Na+]. The summed E-state index contributed by atoms with van der Waals surface area (Å²) < 4.78 is 435. The molecule has 2 unspecified atom stereocenters. The summed E-state index contributed by atoms with van der Waals surface area (Å²) in [6, 6.07) is 0. The Morgan fingerprint density at radius 1 is 0.267 bits per heavy atom. The van der Waals surface area contributed by atoms with Crippen LogP contribution in [0.5, 0.6) is 0 Å². The topological polar surface area (TPSA) is 783 Å². The Labute approximate surface area is 776 Å². The monoisotopic (exact) mass is 1650 g/mol. The molecule has 0 radical (unpaired) electrons. The van der Waals surface area contributed by atoms with E-state index in [-0.39, 0.29) is 355 Å². The number of phosphoric acid groups is 1. The van der Waals surface area contributed by atoms with Crippen molar-refractivity contribution in [1.29, 1.82) is 0 Å². The second-order valence-electron chi connectivity index (χ2n) is 13.7. The van der Waals surface area contributed by atoms with Crippen molar-refractivity contribution in [3.8, 4) is 0 Å². The molecule has 0 aromatic carbocycles. The second-order valence-corrected chi connectivity index (χ2v) is 25.1. The van der Waals surface area contributed by atoms with Gasteiger partial charge in [-0.05, 0) is 0 Å². The van der Waals surface area contributed by atoms with Crippen LogP contribution in [-0.4, -0.2) is 242 Å². The van der Waals surface area contributed by atoms with E-state index in [9.17, 15) is 144 Å². The van der Waals surface area contributed by atoms with E-state index >= 15 is 0 Å². The molecule has 3 rings (SSSR count). The van der Waals surface area contributed by atoms with Crippen molar-refractivity contribution in [2.45, 2.75) is 92.1 Å². The molecule has 90 heavy (non-hydrogen) atoms. The van der Waals surface area contributed by atoms with Crippen LogP contribution >= 0.6 is 7.82 Å². The molecule has 3 fully saturated rings. The first-order valence-corrected chi connectivity index (χ1v) is 32.5. The molecule has 464 valence electrons. The molecule has 0 N–H and O–H groups in total. The minimum atomic E-state index is -6.97. The molecule has 0 saturated carbocycles. The van der Waals surface area contributed by atoms with E-state index in [4.69, 9.17) is 23.7 Å². The Morgan fingerprint density at radius 2 is 0.478 bits per heavy atom. The zero-order chi connectivity index (χ0) is 60.6. The van der Waals surface area contributed by atoms with Gasteiger partial charge in [0.1, 0.15) is 61.0 Å². The van der Waals surface area contributed by atoms with E-state index in [0.717, 1.165) is 0 Å². The molecule has 49 nitrogen and oxygen atoms in total. The zero-order valence-corrected chi connectivity index (χ0v) is 80.4. The van der Waals surface area contributed by atoms with E-state index in [2.05, 4.69) is 46.4 Å². The van der Waals surface area contributed by atoms with Gasteiger partial charge in [0.25, 0.3) is 0 Å². The summed E-state index contributed by atoms with van der Waals surface area (Å²) in [5.74, 6) is 0. The van der Waals surface area contributed by atoms with Gasteiger partial charge >= 0.3 is 355 Å². The van der Waals surface area contributed by atoms with E-state index in [0.29, 0.717) is 0 Å². The fraction of sp³-hybridized carbons (Fsp3) is 1.00.